The van der Waals surface area contributed by atoms with Crippen LogP contribution in [-0.4, -0.2) is 63.7 Å². The second-order valence-electron chi connectivity index (χ2n) is 11.4. The molecule has 0 spiro atoms. The minimum absolute atomic E-state index is 0.0767. The Kier molecular flexibility index (Phi) is 8.19. The van der Waals surface area contributed by atoms with E-state index in [4.69, 9.17) is 0 Å². The highest BCUT2D eigenvalue weighted by Crippen LogP contribution is 2.32. The van der Waals surface area contributed by atoms with Gasteiger partial charge in [0.2, 0.25) is 0 Å². The molecule has 6 rings (SSSR count). The summed E-state index contributed by atoms with van der Waals surface area (Å²) < 4.78 is 1.56. The number of aryl methyl sites for hydroxylation is 3. The number of nitrogens with zero attached hydrogens (tertiary/aromatic N) is 5. The third kappa shape index (κ3) is 6.16. The fourth-order valence-electron chi connectivity index (χ4n) is 5.70. The van der Waals surface area contributed by atoms with Crippen molar-refractivity contribution in [3.8, 4) is 11.1 Å². The topological polar surface area (TPSA) is 95.4 Å². The monoisotopic (exact) mass is 583 g/mol. The molecule has 1 saturated heterocycles. The maximum Gasteiger partial charge on any atom is 0.274 e. The summed E-state index contributed by atoms with van der Waals surface area (Å²) in [5.74, 6) is 0.440. The number of hydrogen-bond donors (Lipinski definition) is 2. The second-order valence-corrected chi connectivity index (χ2v) is 12.5. The van der Waals surface area contributed by atoms with Crippen molar-refractivity contribution >= 4 is 34.4 Å². The Morgan fingerprint density at radius 2 is 1.79 bits per heavy atom. The van der Waals surface area contributed by atoms with E-state index < -0.39 is 0 Å². The van der Waals surface area contributed by atoms with Gasteiger partial charge in [-0.05, 0) is 86.7 Å². The van der Waals surface area contributed by atoms with Crippen LogP contribution in [0.1, 0.15) is 44.2 Å². The van der Waals surface area contributed by atoms with E-state index in [0.717, 1.165) is 78.5 Å². The van der Waals surface area contributed by atoms with Crippen LogP contribution >= 0.6 is 11.3 Å². The predicted molar refractivity (Wildman–Crippen MR) is 169 cm³/mol. The lowest BCUT2D eigenvalue weighted by Gasteiger charge is -2.31. The minimum atomic E-state index is -0.161. The molecule has 1 aromatic carbocycles. The van der Waals surface area contributed by atoms with Crippen molar-refractivity contribution in [1.82, 2.24) is 24.6 Å². The number of rotatable bonds is 7. The number of aromatic nitrogens is 3. The Morgan fingerprint density at radius 1 is 0.976 bits per heavy atom. The van der Waals surface area contributed by atoms with Crippen molar-refractivity contribution in [1.29, 1.82) is 0 Å². The summed E-state index contributed by atoms with van der Waals surface area (Å²) in [6, 6.07) is 13.6. The van der Waals surface area contributed by atoms with Gasteiger partial charge in [0, 0.05) is 62.1 Å². The molecule has 42 heavy (non-hydrogen) atoms. The molecule has 0 unspecified atom stereocenters. The average molecular weight is 584 g/mol. The number of likely N-dealkylation sites (N-methyl/N-ethyl adjacent to an activating group) is 1. The number of piperazine rings is 1. The summed E-state index contributed by atoms with van der Waals surface area (Å²) in [6.45, 7) is 6.89. The zero-order valence-electron chi connectivity index (χ0n) is 24.4. The number of anilines is 3. The van der Waals surface area contributed by atoms with Crippen molar-refractivity contribution in [3.05, 3.63) is 85.6 Å². The summed E-state index contributed by atoms with van der Waals surface area (Å²) in [5, 5.41) is 15.1. The number of pyridine rings is 1. The van der Waals surface area contributed by atoms with Crippen LogP contribution in [0.4, 0.5) is 17.2 Å². The van der Waals surface area contributed by atoms with Crippen molar-refractivity contribution in [2.24, 2.45) is 7.05 Å². The zero-order valence-corrected chi connectivity index (χ0v) is 25.3. The third-order valence-electron chi connectivity index (χ3n) is 8.26. The van der Waals surface area contributed by atoms with Crippen LogP contribution in [0, 0.1) is 6.92 Å². The minimum Gasteiger partial charge on any atom is -0.334 e. The van der Waals surface area contributed by atoms with Crippen LogP contribution in [0.15, 0.2) is 53.5 Å². The Hall–Kier alpha value is -3.86. The molecule has 1 fully saturated rings. The number of amides is 1. The molecule has 4 heterocycles. The normalized spacial score (nSPS) is 15.8. The average Bonchev–Trinajstić information content (AvgIpc) is 3.43. The Balaban J connectivity index is 1.19. The van der Waals surface area contributed by atoms with Gasteiger partial charge in [-0.1, -0.05) is 12.1 Å². The summed E-state index contributed by atoms with van der Waals surface area (Å²) in [7, 11) is 3.88. The van der Waals surface area contributed by atoms with Crippen LogP contribution in [-0.2, 0) is 26.4 Å². The van der Waals surface area contributed by atoms with E-state index in [9.17, 15) is 9.59 Å². The molecular weight excluding hydrogens is 546 g/mol. The second kappa shape index (κ2) is 12.2. The standard InChI is InChI=1S/C32H37N7O2S/c1-21-25(8-6-9-26(21)34-31(40)29-18-22-7-4-5-10-28(22)42-29)23-17-27(32(41)38(3)19-23)33-30-12-11-24(35-36-30)20-39-15-13-37(2)14-16-39/h6,8-9,11-12,17-19H,4-5,7,10,13-16,20H2,1-3H3,(H,33,36)(H,34,40). The molecule has 3 aromatic heterocycles. The highest BCUT2D eigenvalue weighted by molar-refractivity contribution is 7.14. The van der Waals surface area contributed by atoms with E-state index in [0.29, 0.717) is 11.5 Å². The van der Waals surface area contributed by atoms with Gasteiger partial charge >= 0.3 is 0 Å². The Bertz CT molecular complexity index is 1630. The van der Waals surface area contributed by atoms with Gasteiger partial charge in [-0.2, -0.15) is 5.10 Å². The number of benzene rings is 1. The molecule has 1 aliphatic carbocycles. The molecule has 2 aliphatic rings. The predicted octanol–water partition coefficient (Wildman–Crippen LogP) is 4.83. The van der Waals surface area contributed by atoms with Crippen LogP contribution in [0.2, 0.25) is 0 Å². The molecule has 2 N–H and O–H groups in total. The van der Waals surface area contributed by atoms with Gasteiger partial charge in [-0.15, -0.1) is 16.4 Å². The van der Waals surface area contributed by atoms with Gasteiger partial charge in [-0.3, -0.25) is 14.5 Å². The van der Waals surface area contributed by atoms with Gasteiger partial charge in [0.05, 0.1) is 10.6 Å². The van der Waals surface area contributed by atoms with E-state index in [-0.39, 0.29) is 11.5 Å². The van der Waals surface area contributed by atoms with E-state index in [1.807, 2.05) is 49.5 Å². The molecule has 0 atom stereocenters. The van der Waals surface area contributed by atoms with Crippen LogP contribution in [0.5, 0.6) is 0 Å². The van der Waals surface area contributed by atoms with Gasteiger partial charge in [0.25, 0.3) is 11.5 Å². The number of carbonyl (C=O) groups excluding carboxylic acids is 1. The molecule has 0 saturated carbocycles. The first-order valence-corrected chi connectivity index (χ1v) is 15.4. The molecular formula is C32H37N7O2S. The highest BCUT2D eigenvalue weighted by atomic mass is 32.1. The van der Waals surface area contributed by atoms with Gasteiger partial charge < -0.3 is 20.1 Å². The van der Waals surface area contributed by atoms with E-state index in [1.165, 1.54) is 23.3 Å². The lowest BCUT2D eigenvalue weighted by atomic mass is 9.99. The fourth-order valence-corrected chi connectivity index (χ4v) is 6.85. The number of thiophene rings is 1. The smallest absolute Gasteiger partial charge is 0.274 e. The molecule has 4 aromatic rings. The summed E-state index contributed by atoms with van der Waals surface area (Å²) in [6.07, 6.45) is 6.33. The number of hydrogen-bond acceptors (Lipinski definition) is 8. The van der Waals surface area contributed by atoms with Crippen molar-refractivity contribution in [2.45, 2.75) is 39.2 Å². The first-order valence-electron chi connectivity index (χ1n) is 14.6. The summed E-state index contributed by atoms with van der Waals surface area (Å²) in [5.41, 5.74) is 5.97. The van der Waals surface area contributed by atoms with Crippen molar-refractivity contribution in [2.75, 3.05) is 43.9 Å². The third-order valence-corrected chi connectivity index (χ3v) is 9.50. The summed E-state index contributed by atoms with van der Waals surface area (Å²) in [4.78, 5) is 33.0. The first kappa shape index (κ1) is 28.3. The van der Waals surface area contributed by atoms with Crippen molar-refractivity contribution in [3.63, 3.8) is 0 Å². The quantitative estimate of drug-likeness (QED) is 0.322. The number of nitrogens with one attached hydrogen (secondary N) is 2. The molecule has 9 nitrogen and oxygen atoms in total. The van der Waals surface area contributed by atoms with Crippen LogP contribution in [0.3, 0.4) is 0 Å². The van der Waals surface area contributed by atoms with Crippen molar-refractivity contribution < 1.29 is 4.79 Å². The van der Waals surface area contributed by atoms with Crippen LogP contribution in [0.25, 0.3) is 11.1 Å². The largest absolute Gasteiger partial charge is 0.334 e. The SMILES string of the molecule is Cc1c(NC(=O)c2cc3c(s2)CCCC3)cccc1-c1cc(Nc2ccc(CN3CCN(C)CC3)nn2)c(=O)n(C)c1. The number of carbonyl (C=O) groups is 1. The highest BCUT2D eigenvalue weighted by Gasteiger charge is 2.19. The van der Waals surface area contributed by atoms with Gasteiger partial charge in [-0.25, -0.2) is 0 Å². The Morgan fingerprint density at radius 3 is 2.55 bits per heavy atom. The van der Waals surface area contributed by atoms with Crippen LogP contribution < -0.4 is 16.2 Å². The molecule has 1 amide bonds. The lowest BCUT2D eigenvalue weighted by Crippen LogP contribution is -2.44. The summed E-state index contributed by atoms with van der Waals surface area (Å²) >= 11 is 1.61. The van der Waals surface area contributed by atoms with E-state index in [1.54, 1.807) is 23.0 Å². The number of fused-ring (bicyclic) bond motifs is 1. The molecule has 0 bridgehead atoms. The molecule has 10 heteroatoms. The van der Waals surface area contributed by atoms with Gasteiger partial charge in [0.1, 0.15) is 5.69 Å². The maximum atomic E-state index is 13.2. The first-order chi connectivity index (χ1) is 20.3. The van der Waals surface area contributed by atoms with E-state index >= 15 is 0 Å². The fraction of sp³-hybridized carbons (Fsp3) is 0.375. The molecule has 1 aliphatic heterocycles. The Labute approximate surface area is 250 Å². The zero-order chi connectivity index (χ0) is 29.2. The van der Waals surface area contributed by atoms with E-state index in [2.05, 4.69) is 43.7 Å². The molecule has 218 valence electrons. The lowest BCUT2D eigenvalue weighted by molar-refractivity contribution is 0.103. The molecule has 0 radical (unpaired) electrons. The van der Waals surface area contributed by atoms with Gasteiger partial charge in [0.15, 0.2) is 5.82 Å². The maximum absolute atomic E-state index is 13.2.